The van der Waals surface area contributed by atoms with Gasteiger partial charge in [0.1, 0.15) is 13.1 Å². The van der Waals surface area contributed by atoms with Crippen molar-refractivity contribution in [3.8, 4) is 0 Å². The van der Waals surface area contributed by atoms with Gasteiger partial charge < -0.3 is 33.8 Å². The second-order valence-electron chi connectivity index (χ2n) is 11.4. The van der Waals surface area contributed by atoms with E-state index < -0.39 is 0 Å². The molecule has 0 aliphatic rings. The molecular weight excluding hydrogens is 423 g/mol. The molecule has 2 nitrogen and oxygen atoms in total. The minimum Gasteiger partial charge on any atom is -1.00 e. The zero-order chi connectivity index (χ0) is 21.9. The fourth-order valence-corrected chi connectivity index (χ4v) is 4.22. The quantitative estimate of drug-likeness (QED) is 0.261. The minimum atomic E-state index is 0. The van der Waals surface area contributed by atoms with E-state index in [9.17, 15) is 0 Å². The van der Waals surface area contributed by atoms with E-state index in [0.29, 0.717) is 0 Å². The Balaban J connectivity index is 0. The van der Waals surface area contributed by atoms with Crippen molar-refractivity contribution in [2.45, 2.75) is 97.6 Å². The first-order chi connectivity index (χ1) is 13.5. The van der Waals surface area contributed by atoms with Gasteiger partial charge in [0.25, 0.3) is 0 Å². The van der Waals surface area contributed by atoms with E-state index in [0.717, 1.165) is 22.1 Å². The average molecular weight is 476 g/mol. The summed E-state index contributed by atoms with van der Waals surface area (Å²) in [5, 5.41) is 0. The molecule has 0 aliphatic carbocycles. The number of aryl methyl sites for hydroxylation is 1. The molecule has 0 fully saturated rings. The van der Waals surface area contributed by atoms with Crippen LogP contribution in [0.5, 0.6) is 0 Å². The average Bonchev–Trinajstić information content (AvgIpc) is 2.58. The summed E-state index contributed by atoms with van der Waals surface area (Å²) in [7, 11) is 13.8. The normalized spacial score (nSPS) is 11.7. The van der Waals surface area contributed by atoms with Crippen molar-refractivity contribution in [3.63, 3.8) is 0 Å². The lowest BCUT2D eigenvalue weighted by Gasteiger charge is -2.28. The lowest BCUT2D eigenvalue weighted by Crippen LogP contribution is -3.00. The van der Waals surface area contributed by atoms with Crippen LogP contribution in [0.1, 0.15) is 93.4 Å². The van der Waals surface area contributed by atoms with E-state index >= 15 is 0 Å². The zero-order valence-electron chi connectivity index (χ0n) is 22.0. The topological polar surface area (TPSA) is 0 Å². The van der Waals surface area contributed by atoms with Crippen molar-refractivity contribution in [2.75, 3.05) is 42.3 Å². The lowest BCUT2D eigenvalue weighted by atomic mass is 9.94. The van der Waals surface area contributed by atoms with Crippen molar-refractivity contribution in [1.82, 2.24) is 0 Å². The Morgan fingerprint density at radius 2 is 0.935 bits per heavy atom. The van der Waals surface area contributed by atoms with Gasteiger partial charge in [0.15, 0.2) is 0 Å². The highest BCUT2D eigenvalue weighted by atomic mass is 35.5. The molecule has 4 heteroatoms. The zero-order valence-corrected chi connectivity index (χ0v) is 23.5. The Labute approximate surface area is 207 Å². The largest absolute Gasteiger partial charge is 1.00 e. The first-order valence-corrected chi connectivity index (χ1v) is 12.2. The van der Waals surface area contributed by atoms with E-state index in [4.69, 9.17) is 0 Å². The van der Waals surface area contributed by atoms with Crippen LogP contribution in [0.2, 0.25) is 0 Å². The second-order valence-corrected chi connectivity index (χ2v) is 11.4. The Bertz CT molecular complexity index is 549. The molecule has 0 aromatic heterocycles. The summed E-state index contributed by atoms with van der Waals surface area (Å²) in [4.78, 5) is 0. The SMILES string of the molecule is CCCCCCCCCCCCc1cc(C[N+](C)(C)C)c(C)c(C[N+](C)(C)C)c1.[Cl-].[Cl-]. The van der Waals surface area contributed by atoms with Crippen LogP contribution < -0.4 is 24.8 Å². The number of benzene rings is 1. The highest BCUT2D eigenvalue weighted by Gasteiger charge is 2.18. The van der Waals surface area contributed by atoms with Crippen molar-refractivity contribution < 1.29 is 33.8 Å². The first-order valence-electron chi connectivity index (χ1n) is 12.2. The van der Waals surface area contributed by atoms with Gasteiger partial charge in [-0.15, -0.1) is 0 Å². The number of nitrogens with zero attached hydrogens (tertiary/aromatic N) is 2. The summed E-state index contributed by atoms with van der Waals surface area (Å²) in [6, 6.07) is 5.01. The van der Waals surface area contributed by atoms with E-state index in [1.807, 2.05) is 0 Å². The van der Waals surface area contributed by atoms with Crippen LogP contribution in [-0.2, 0) is 19.5 Å². The number of hydrogen-bond donors (Lipinski definition) is 0. The Kier molecular flexibility index (Phi) is 17.4. The van der Waals surface area contributed by atoms with Crippen LogP contribution in [0.3, 0.4) is 0 Å². The number of hydrogen-bond acceptors (Lipinski definition) is 0. The summed E-state index contributed by atoms with van der Waals surface area (Å²) in [6.07, 6.45) is 15.4. The lowest BCUT2D eigenvalue weighted by molar-refractivity contribution is -0.884. The fourth-order valence-electron chi connectivity index (χ4n) is 4.22. The maximum absolute atomic E-state index is 2.51. The van der Waals surface area contributed by atoms with Crippen LogP contribution in [0, 0.1) is 6.92 Å². The summed E-state index contributed by atoms with van der Waals surface area (Å²) in [5.41, 5.74) is 6.16. The van der Waals surface area contributed by atoms with Crippen LogP contribution in [-0.4, -0.2) is 51.3 Å². The summed E-state index contributed by atoms with van der Waals surface area (Å²) in [6.45, 7) is 6.86. The third-order valence-electron chi connectivity index (χ3n) is 5.79. The standard InChI is InChI=1S/C27H52N2.2ClH/c1-9-10-11-12-13-14-15-16-17-18-19-25-20-26(22-28(3,4)5)24(2)27(21-25)23-29(6,7)8;;/h20-21H,9-19,22-23H2,1-8H3;2*1H/q+2;;/p-2. The Morgan fingerprint density at radius 3 is 1.29 bits per heavy atom. The van der Waals surface area contributed by atoms with Crippen LogP contribution in [0.4, 0.5) is 0 Å². The molecule has 0 heterocycles. The molecule has 31 heavy (non-hydrogen) atoms. The molecule has 184 valence electrons. The predicted molar refractivity (Wildman–Crippen MR) is 130 cm³/mol. The first kappa shape index (κ1) is 32.9. The molecule has 0 N–H and O–H groups in total. The summed E-state index contributed by atoms with van der Waals surface area (Å²) >= 11 is 0. The summed E-state index contributed by atoms with van der Waals surface area (Å²) in [5.74, 6) is 0. The van der Waals surface area contributed by atoms with Crippen molar-refractivity contribution in [2.24, 2.45) is 0 Å². The van der Waals surface area contributed by atoms with Crippen LogP contribution >= 0.6 is 0 Å². The van der Waals surface area contributed by atoms with E-state index in [1.54, 1.807) is 16.7 Å². The molecule has 0 unspecified atom stereocenters. The Hall–Kier alpha value is -0.280. The Morgan fingerprint density at radius 1 is 0.581 bits per heavy atom. The number of quaternary nitrogens is 2. The van der Waals surface area contributed by atoms with Gasteiger partial charge in [-0.25, -0.2) is 0 Å². The predicted octanol–water partition coefficient (Wildman–Crippen LogP) is 0.879. The van der Waals surface area contributed by atoms with Crippen molar-refractivity contribution in [3.05, 3.63) is 34.4 Å². The van der Waals surface area contributed by atoms with Gasteiger partial charge in [0.05, 0.1) is 42.3 Å². The van der Waals surface area contributed by atoms with Crippen molar-refractivity contribution in [1.29, 1.82) is 0 Å². The molecule has 1 rings (SSSR count). The summed E-state index contributed by atoms with van der Waals surface area (Å²) < 4.78 is 1.98. The molecule has 0 radical (unpaired) electrons. The molecule has 0 atom stereocenters. The maximum Gasteiger partial charge on any atom is 0.104 e. The number of rotatable bonds is 15. The highest BCUT2D eigenvalue weighted by molar-refractivity contribution is 5.38. The molecule has 0 bridgehead atoms. The molecule has 0 amide bonds. The third kappa shape index (κ3) is 16.1. The van der Waals surface area contributed by atoms with Gasteiger partial charge in [-0.2, -0.15) is 0 Å². The van der Waals surface area contributed by atoms with Crippen molar-refractivity contribution >= 4 is 0 Å². The van der Waals surface area contributed by atoms with Gasteiger partial charge in [0.2, 0.25) is 0 Å². The van der Waals surface area contributed by atoms with Gasteiger partial charge >= 0.3 is 0 Å². The number of halogens is 2. The highest BCUT2D eigenvalue weighted by Crippen LogP contribution is 2.23. The van der Waals surface area contributed by atoms with Crippen LogP contribution in [0.15, 0.2) is 12.1 Å². The van der Waals surface area contributed by atoms with Gasteiger partial charge in [-0.05, 0) is 43.0 Å². The molecule has 0 saturated carbocycles. The van der Waals surface area contributed by atoms with E-state index in [-0.39, 0.29) is 24.8 Å². The van der Waals surface area contributed by atoms with Gasteiger partial charge in [-0.3, -0.25) is 0 Å². The molecule has 1 aromatic rings. The van der Waals surface area contributed by atoms with E-state index in [2.05, 4.69) is 68.3 Å². The second kappa shape index (κ2) is 16.4. The number of unbranched alkanes of at least 4 members (excludes halogenated alkanes) is 9. The molecule has 0 spiro atoms. The minimum absolute atomic E-state index is 0. The van der Waals surface area contributed by atoms with E-state index in [1.165, 1.54) is 76.2 Å². The monoisotopic (exact) mass is 474 g/mol. The van der Waals surface area contributed by atoms with Gasteiger partial charge in [-0.1, -0.05) is 64.7 Å². The molecule has 0 saturated heterocycles. The maximum atomic E-state index is 2.51. The smallest absolute Gasteiger partial charge is 0.104 e. The van der Waals surface area contributed by atoms with Crippen LogP contribution in [0.25, 0.3) is 0 Å². The molecule has 0 aliphatic heterocycles. The molecular formula is C27H52Cl2N2. The fraction of sp³-hybridized carbons (Fsp3) is 0.778. The molecule has 1 aromatic carbocycles. The third-order valence-corrected chi connectivity index (χ3v) is 5.79. The van der Waals surface area contributed by atoms with Gasteiger partial charge in [0, 0.05) is 11.1 Å².